The third-order valence-electron chi connectivity index (χ3n) is 2.16. The fourth-order valence-corrected chi connectivity index (χ4v) is 2.38. The van der Waals surface area contributed by atoms with E-state index in [2.05, 4.69) is 18.3 Å². The molecular weight excluding hydrogens is 210 g/mol. The molecule has 0 radical (unpaired) electrons. The van der Waals surface area contributed by atoms with Crippen molar-refractivity contribution in [2.45, 2.75) is 26.3 Å². The molecule has 84 valence electrons. The zero-order valence-electron chi connectivity index (χ0n) is 9.37. The summed E-state index contributed by atoms with van der Waals surface area (Å²) in [5, 5.41) is 3.12. The normalized spacial score (nSPS) is 12.5. The van der Waals surface area contributed by atoms with Crippen molar-refractivity contribution in [3.8, 4) is 0 Å². The van der Waals surface area contributed by atoms with E-state index in [4.69, 9.17) is 4.74 Å². The summed E-state index contributed by atoms with van der Waals surface area (Å²) in [7, 11) is 1.42. The van der Waals surface area contributed by atoms with Crippen LogP contribution in [0.5, 0.6) is 0 Å². The van der Waals surface area contributed by atoms with Gasteiger partial charge in [0.2, 0.25) is 0 Å². The Morgan fingerprint density at radius 1 is 1.53 bits per heavy atom. The first kappa shape index (κ1) is 12.2. The van der Waals surface area contributed by atoms with E-state index in [1.807, 2.05) is 13.0 Å². The largest absolute Gasteiger partial charge is 0.468 e. The minimum atomic E-state index is -0.315. The van der Waals surface area contributed by atoms with Crippen molar-refractivity contribution in [3.05, 3.63) is 21.9 Å². The van der Waals surface area contributed by atoms with E-state index in [0.717, 1.165) is 17.8 Å². The average molecular weight is 227 g/mol. The van der Waals surface area contributed by atoms with Gasteiger partial charge in [-0.15, -0.1) is 11.3 Å². The molecule has 1 aromatic rings. The Hall–Kier alpha value is -0.870. The van der Waals surface area contributed by atoms with Gasteiger partial charge >= 0.3 is 5.97 Å². The van der Waals surface area contributed by atoms with Crippen LogP contribution in [-0.4, -0.2) is 19.6 Å². The Labute approximate surface area is 94.5 Å². The first-order valence-electron chi connectivity index (χ1n) is 5.12. The number of hydrogen-bond donors (Lipinski definition) is 1. The third-order valence-corrected chi connectivity index (χ3v) is 3.45. The predicted molar refractivity (Wildman–Crippen MR) is 62.1 cm³/mol. The van der Waals surface area contributed by atoms with Crippen molar-refractivity contribution in [1.29, 1.82) is 0 Å². The van der Waals surface area contributed by atoms with Gasteiger partial charge in [0.1, 0.15) is 6.04 Å². The van der Waals surface area contributed by atoms with E-state index < -0.39 is 0 Å². The number of thiophene rings is 1. The molecule has 1 rings (SSSR count). The zero-order chi connectivity index (χ0) is 11.3. The monoisotopic (exact) mass is 227 g/mol. The molecule has 4 heteroatoms. The van der Waals surface area contributed by atoms with Crippen LogP contribution in [0.1, 0.15) is 29.6 Å². The van der Waals surface area contributed by atoms with Crippen molar-refractivity contribution in [2.24, 2.45) is 0 Å². The standard InChI is InChI=1S/C11H17NO2S/c1-4-8-6-7-9(15-8)10(12-5-2)11(13)14-3/h6-7,10,12H,4-5H2,1-3H3. The molecule has 1 unspecified atom stereocenters. The van der Waals surface area contributed by atoms with Crippen LogP contribution in [0.25, 0.3) is 0 Å². The highest BCUT2D eigenvalue weighted by Crippen LogP contribution is 2.24. The Morgan fingerprint density at radius 3 is 2.73 bits per heavy atom. The average Bonchev–Trinajstić information content (AvgIpc) is 2.73. The zero-order valence-corrected chi connectivity index (χ0v) is 10.2. The molecule has 1 atom stereocenters. The summed E-state index contributed by atoms with van der Waals surface area (Å²) < 4.78 is 4.77. The van der Waals surface area contributed by atoms with E-state index in [9.17, 15) is 4.79 Å². The van der Waals surface area contributed by atoms with E-state index in [-0.39, 0.29) is 12.0 Å². The van der Waals surface area contributed by atoms with Crippen LogP contribution in [0.3, 0.4) is 0 Å². The number of likely N-dealkylation sites (N-methyl/N-ethyl adjacent to an activating group) is 1. The molecule has 0 amide bonds. The van der Waals surface area contributed by atoms with Gasteiger partial charge in [-0.25, -0.2) is 4.79 Å². The van der Waals surface area contributed by atoms with Crippen LogP contribution in [0.4, 0.5) is 0 Å². The smallest absolute Gasteiger partial charge is 0.328 e. The molecular formula is C11H17NO2S. The van der Waals surface area contributed by atoms with Crippen molar-refractivity contribution in [1.82, 2.24) is 5.32 Å². The molecule has 0 bridgehead atoms. The lowest BCUT2D eigenvalue weighted by atomic mass is 10.2. The van der Waals surface area contributed by atoms with Crippen molar-refractivity contribution < 1.29 is 9.53 Å². The van der Waals surface area contributed by atoms with Crippen LogP contribution in [0, 0.1) is 0 Å². The molecule has 0 aliphatic rings. The number of ether oxygens (including phenoxy) is 1. The maximum atomic E-state index is 11.5. The number of aryl methyl sites for hydroxylation is 1. The lowest BCUT2D eigenvalue weighted by Crippen LogP contribution is -2.28. The second kappa shape index (κ2) is 5.88. The Bertz CT molecular complexity index is 322. The number of carbonyl (C=O) groups is 1. The highest BCUT2D eigenvalue weighted by Gasteiger charge is 2.21. The quantitative estimate of drug-likeness (QED) is 0.783. The first-order valence-corrected chi connectivity index (χ1v) is 5.94. The lowest BCUT2D eigenvalue weighted by molar-refractivity contribution is -0.143. The molecule has 0 spiro atoms. The van der Waals surface area contributed by atoms with E-state index in [1.54, 1.807) is 11.3 Å². The maximum absolute atomic E-state index is 11.5. The van der Waals surface area contributed by atoms with Gasteiger partial charge in [0.05, 0.1) is 7.11 Å². The molecule has 1 N–H and O–H groups in total. The van der Waals surface area contributed by atoms with Crippen LogP contribution < -0.4 is 5.32 Å². The van der Waals surface area contributed by atoms with Gasteiger partial charge in [-0.1, -0.05) is 13.8 Å². The number of methoxy groups -OCH3 is 1. The SMILES string of the molecule is CCNC(C(=O)OC)c1ccc(CC)s1. The summed E-state index contributed by atoms with van der Waals surface area (Å²) >= 11 is 1.66. The van der Waals surface area contributed by atoms with Gasteiger partial charge in [0.25, 0.3) is 0 Å². The van der Waals surface area contributed by atoms with Gasteiger partial charge in [-0.2, -0.15) is 0 Å². The molecule has 0 saturated heterocycles. The van der Waals surface area contributed by atoms with Crippen LogP contribution in [-0.2, 0) is 16.0 Å². The second-order valence-corrected chi connectivity index (χ2v) is 4.37. The van der Waals surface area contributed by atoms with E-state index in [1.165, 1.54) is 12.0 Å². The Balaban J connectivity index is 2.83. The van der Waals surface area contributed by atoms with Crippen molar-refractivity contribution >= 4 is 17.3 Å². The molecule has 0 aliphatic carbocycles. The van der Waals surface area contributed by atoms with E-state index >= 15 is 0 Å². The number of hydrogen-bond acceptors (Lipinski definition) is 4. The topological polar surface area (TPSA) is 38.3 Å². The predicted octanol–water partition coefficient (Wildman–Crippen LogP) is 2.13. The van der Waals surface area contributed by atoms with Gasteiger partial charge < -0.3 is 10.1 Å². The molecule has 3 nitrogen and oxygen atoms in total. The molecule has 1 heterocycles. The third kappa shape index (κ3) is 3.04. The summed E-state index contributed by atoms with van der Waals surface area (Å²) in [5.74, 6) is -0.221. The Kier molecular flexibility index (Phi) is 4.78. The van der Waals surface area contributed by atoms with Crippen molar-refractivity contribution in [3.63, 3.8) is 0 Å². The van der Waals surface area contributed by atoms with Crippen molar-refractivity contribution in [2.75, 3.05) is 13.7 Å². The van der Waals surface area contributed by atoms with Crippen LogP contribution in [0.15, 0.2) is 12.1 Å². The summed E-state index contributed by atoms with van der Waals surface area (Å²) in [4.78, 5) is 13.8. The van der Waals surface area contributed by atoms with E-state index in [0.29, 0.717) is 0 Å². The number of esters is 1. The van der Waals surface area contributed by atoms with Gasteiger partial charge in [-0.05, 0) is 25.1 Å². The van der Waals surface area contributed by atoms with Gasteiger partial charge in [-0.3, -0.25) is 0 Å². The Morgan fingerprint density at radius 2 is 2.27 bits per heavy atom. The van der Waals surface area contributed by atoms with Crippen LogP contribution in [0.2, 0.25) is 0 Å². The fraction of sp³-hybridized carbons (Fsp3) is 0.545. The lowest BCUT2D eigenvalue weighted by Gasteiger charge is -2.13. The number of carbonyl (C=O) groups excluding carboxylic acids is 1. The highest BCUT2D eigenvalue weighted by atomic mass is 32.1. The maximum Gasteiger partial charge on any atom is 0.328 e. The second-order valence-electron chi connectivity index (χ2n) is 3.17. The minimum Gasteiger partial charge on any atom is -0.468 e. The summed E-state index contributed by atoms with van der Waals surface area (Å²) in [6.45, 7) is 4.83. The van der Waals surface area contributed by atoms with Gasteiger partial charge in [0, 0.05) is 9.75 Å². The summed E-state index contributed by atoms with van der Waals surface area (Å²) in [5.41, 5.74) is 0. The molecule has 0 saturated carbocycles. The summed E-state index contributed by atoms with van der Waals surface area (Å²) in [6, 6.07) is 3.74. The number of nitrogens with one attached hydrogen (secondary N) is 1. The van der Waals surface area contributed by atoms with Gasteiger partial charge in [0.15, 0.2) is 0 Å². The molecule has 0 aromatic carbocycles. The molecule has 15 heavy (non-hydrogen) atoms. The fourth-order valence-electron chi connectivity index (χ4n) is 1.36. The number of rotatable bonds is 5. The minimum absolute atomic E-state index is 0.221. The van der Waals surface area contributed by atoms with Crippen LogP contribution >= 0.6 is 11.3 Å². The molecule has 0 fully saturated rings. The highest BCUT2D eigenvalue weighted by molar-refractivity contribution is 7.12. The molecule has 0 aliphatic heterocycles. The summed E-state index contributed by atoms with van der Waals surface area (Å²) in [6.07, 6.45) is 1.00. The molecule has 1 aromatic heterocycles. The first-order chi connectivity index (χ1) is 7.22.